The molecule has 0 atom stereocenters. The molecular weight excluding hydrogens is 216 g/mol. The van der Waals surface area contributed by atoms with Crippen molar-refractivity contribution in [3.63, 3.8) is 0 Å². The number of nitriles is 1. The second-order valence-electron chi connectivity index (χ2n) is 2.91. The lowest BCUT2D eigenvalue weighted by Gasteiger charge is -2.03. The van der Waals surface area contributed by atoms with Crippen LogP contribution in [0, 0.1) is 11.3 Å². The number of thiazole rings is 1. The number of hydrogen-bond acceptors (Lipinski definition) is 6. The van der Waals surface area contributed by atoms with E-state index in [9.17, 15) is 4.79 Å². The van der Waals surface area contributed by atoms with Crippen LogP contribution < -0.4 is 0 Å². The third-order valence-corrected chi connectivity index (χ3v) is 2.76. The molecule has 1 saturated heterocycles. The van der Waals surface area contributed by atoms with Gasteiger partial charge in [-0.2, -0.15) is 5.26 Å². The van der Waals surface area contributed by atoms with Gasteiger partial charge in [-0.05, 0) is 0 Å². The Morgan fingerprint density at radius 2 is 2.40 bits per heavy atom. The molecule has 0 saturated carbocycles. The van der Waals surface area contributed by atoms with Gasteiger partial charge in [0.15, 0.2) is 5.01 Å². The topological polar surface area (TPSA) is 72.2 Å². The Labute approximate surface area is 90.3 Å². The quantitative estimate of drug-likeness (QED) is 0.723. The molecule has 1 aliphatic rings. The number of ketones is 1. The zero-order chi connectivity index (χ0) is 10.7. The molecule has 2 rings (SSSR count). The van der Waals surface area contributed by atoms with Crippen molar-refractivity contribution < 1.29 is 14.3 Å². The summed E-state index contributed by atoms with van der Waals surface area (Å²) in [7, 11) is 0. The van der Waals surface area contributed by atoms with Gasteiger partial charge in [0.05, 0.1) is 19.3 Å². The maximum Gasteiger partial charge on any atom is 0.205 e. The second-order valence-corrected chi connectivity index (χ2v) is 3.77. The first-order chi connectivity index (χ1) is 7.31. The second kappa shape index (κ2) is 4.49. The van der Waals surface area contributed by atoms with Crippen LogP contribution in [0.5, 0.6) is 0 Å². The monoisotopic (exact) mass is 224 g/mol. The van der Waals surface area contributed by atoms with Gasteiger partial charge in [-0.15, -0.1) is 11.3 Å². The van der Waals surface area contributed by atoms with Crippen LogP contribution in [0.1, 0.15) is 28.2 Å². The Morgan fingerprint density at radius 3 is 3.07 bits per heavy atom. The molecular formula is C9H8N2O3S. The molecule has 0 aromatic carbocycles. The van der Waals surface area contributed by atoms with Gasteiger partial charge < -0.3 is 9.47 Å². The van der Waals surface area contributed by atoms with Crippen molar-refractivity contribution in [2.45, 2.75) is 12.7 Å². The summed E-state index contributed by atoms with van der Waals surface area (Å²) in [6, 6.07) is 1.80. The van der Waals surface area contributed by atoms with Crippen LogP contribution in [-0.4, -0.2) is 24.0 Å². The number of rotatable bonds is 3. The van der Waals surface area contributed by atoms with E-state index in [0.717, 1.165) is 0 Å². The number of carbonyl (C=O) groups is 1. The molecule has 0 N–H and O–H groups in total. The number of ether oxygens (including phenoxy) is 2. The smallest absolute Gasteiger partial charge is 0.205 e. The number of carbonyl (C=O) groups excluding carboxylic acids is 1. The Kier molecular flexibility index (Phi) is 3.06. The first-order valence-corrected chi connectivity index (χ1v) is 5.28. The van der Waals surface area contributed by atoms with Crippen molar-refractivity contribution in [2.24, 2.45) is 0 Å². The fraction of sp³-hybridized carbons (Fsp3) is 0.444. The zero-order valence-corrected chi connectivity index (χ0v) is 8.62. The summed E-state index contributed by atoms with van der Waals surface area (Å²) in [4.78, 5) is 15.4. The Hall–Kier alpha value is -1.29. The first-order valence-electron chi connectivity index (χ1n) is 4.40. The average Bonchev–Trinajstić information content (AvgIpc) is 2.89. The summed E-state index contributed by atoms with van der Waals surface area (Å²) in [6.45, 7) is 1.09. The third kappa shape index (κ3) is 2.21. The highest BCUT2D eigenvalue weighted by molar-refractivity contribution is 7.11. The lowest BCUT2D eigenvalue weighted by molar-refractivity contribution is -0.0469. The number of nitrogens with zero attached hydrogens (tertiary/aromatic N) is 2. The molecule has 1 fully saturated rings. The minimum Gasteiger partial charge on any atom is -0.345 e. The summed E-state index contributed by atoms with van der Waals surface area (Å²) in [5.74, 6) is -0.258. The molecule has 0 unspecified atom stereocenters. The molecule has 0 bridgehead atoms. The highest BCUT2D eigenvalue weighted by Crippen LogP contribution is 2.24. The fourth-order valence-corrected chi connectivity index (χ4v) is 1.96. The molecule has 1 aliphatic heterocycles. The summed E-state index contributed by atoms with van der Waals surface area (Å²) < 4.78 is 10.5. The molecule has 1 aromatic rings. The normalized spacial score (nSPS) is 16.5. The van der Waals surface area contributed by atoms with Gasteiger partial charge in [0, 0.05) is 5.38 Å². The maximum atomic E-state index is 11.3. The van der Waals surface area contributed by atoms with E-state index in [0.29, 0.717) is 23.9 Å². The molecule has 6 heteroatoms. The van der Waals surface area contributed by atoms with Gasteiger partial charge in [-0.1, -0.05) is 0 Å². The SMILES string of the molecule is N#CCC(=O)c1nc(C2OCCO2)cs1. The van der Waals surface area contributed by atoms with Gasteiger partial charge in [-0.25, -0.2) is 4.98 Å². The van der Waals surface area contributed by atoms with Crippen molar-refractivity contribution in [3.8, 4) is 6.07 Å². The van der Waals surface area contributed by atoms with E-state index in [1.807, 2.05) is 0 Å². The molecule has 0 amide bonds. The van der Waals surface area contributed by atoms with Crippen LogP contribution >= 0.6 is 11.3 Å². The minimum absolute atomic E-state index is 0.140. The van der Waals surface area contributed by atoms with Crippen molar-refractivity contribution in [1.29, 1.82) is 5.26 Å². The number of aromatic nitrogens is 1. The largest absolute Gasteiger partial charge is 0.345 e. The van der Waals surface area contributed by atoms with Gasteiger partial charge in [0.2, 0.25) is 12.1 Å². The highest BCUT2D eigenvalue weighted by atomic mass is 32.1. The van der Waals surface area contributed by atoms with E-state index in [2.05, 4.69) is 4.98 Å². The number of Topliss-reactive ketones (excluding diaryl/α,β-unsaturated/α-hetero) is 1. The predicted octanol–water partition coefficient (Wildman–Crippen LogP) is 1.28. The van der Waals surface area contributed by atoms with Crippen molar-refractivity contribution >= 4 is 17.1 Å². The molecule has 0 radical (unpaired) electrons. The van der Waals surface area contributed by atoms with Crippen molar-refractivity contribution in [1.82, 2.24) is 4.98 Å². The number of hydrogen-bond donors (Lipinski definition) is 0. The molecule has 15 heavy (non-hydrogen) atoms. The van der Waals surface area contributed by atoms with E-state index in [-0.39, 0.29) is 12.2 Å². The van der Waals surface area contributed by atoms with Gasteiger partial charge in [0.1, 0.15) is 12.1 Å². The van der Waals surface area contributed by atoms with Crippen LogP contribution in [0.3, 0.4) is 0 Å². The lowest BCUT2D eigenvalue weighted by atomic mass is 10.3. The summed E-state index contributed by atoms with van der Waals surface area (Å²) in [5, 5.41) is 10.4. The van der Waals surface area contributed by atoms with E-state index in [1.54, 1.807) is 11.4 Å². The summed E-state index contributed by atoms with van der Waals surface area (Å²) in [5.41, 5.74) is 0.610. The van der Waals surface area contributed by atoms with Crippen LogP contribution in [-0.2, 0) is 9.47 Å². The molecule has 78 valence electrons. The van der Waals surface area contributed by atoms with Crippen molar-refractivity contribution in [3.05, 3.63) is 16.1 Å². The average molecular weight is 224 g/mol. The minimum atomic E-state index is -0.454. The van der Waals surface area contributed by atoms with Gasteiger partial charge in [-0.3, -0.25) is 4.79 Å². The van der Waals surface area contributed by atoms with Gasteiger partial charge >= 0.3 is 0 Å². The standard InChI is InChI=1S/C9H8N2O3S/c10-2-1-7(12)8-11-6(5-15-8)9-13-3-4-14-9/h5,9H,1,3-4H2. The molecule has 0 spiro atoms. The van der Waals surface area contributed by atoms with Crippen LogP contribution in [0.15, 0.2) is 5.38 Å². The zero-order valence-electron chi connectivity index (χ0n) is 7.80. The van der Waals surface area contributed by atoms with Crippen LogP contribution in [0.4, 0.5) is 0 Å². The Balaban J connectivity index is 2.10. The van der Waals surface area contributed by atoms with Crippen LogP contribution in [0.2, 0.25) is 0 Å². The molecule has 0 aliphatic carbocycles. The molecule has 5 nitrogen and oxygen atoms in total. The Morgan fingerprint density at radius 1 is 1.67 bits per heavy atom. The van der Waals surface area contributed by atoms with E-state index in [1.165, 1.54) is 11.3 Å². The third-order valence-electron chi connectivity index (χ3n) is 1.86. The predicted molar refractivity (Wildman–Crippen MR) is 51.3 cm³/mol. The molecule has 1 aromatic heterocycles. The fourth-order valence-electron chi connectivity index (χ4n) is 1.20. The molecule has 2 heterocycles. The van der Waals surface area contributed by atoms with Gasteiger partial charge in [0.25, 0.3) is 0 Å². The summed E-state index contributed by atoms with van der Waals surface area (Å²) >= 11 is 1.21. The highest BCUT2D eigenvalue weighted by Gasteiger charge is 2.22. The Bertz CT molecular complexity index is 404. The summed E-state index contributed by atoms with van der Waals surface area (Å²) in [6.07, 6.45) is -0.593. The van der Waals surface area contributed by atoms with Crippen LogP contribution in [0.25, 0.3) is 0 Å². The van der Waals surface area contributed by atoms with Crippen molar-refractivity contribution in [2.75, 3.05) is 13.2 Å². The van der Waals surface area contributed by atoms with E-state index < -0.39 is 6.29 Å². The maximum absolute atomic E-state index is 11.3. The van der Waals surface area contributed by atoms with E-state index >= 15 is 0 Å². The lowest BCUT2D eigenvalue weighted by Crippen LogP contribution is -2.01. The van der Waals surface area contributed by atoms with E-state index in [4.69, 9.17) is 14.7 Å². The first kappa shape index (κ1) is 10.2.